The van der Waals surface area contributed by atoms with Crippen LogP contribution >= 0.6 is 0 Å². The highest BCUT2D eigenvalue weighted by Crippen LogP contribution is 1.96. The molecular formula is C12H21NO2. The SMILES string of the molecule is C=C(C)C(=O)NOCC/C=C/CCCC. The van der Waals surface area contributed by atoms with Crippen LogP contribution < -0.4 is 5.48 Å². The van der Waals surface area contributed by atoms with Crippen molar-refractivity contribution in [3.63, 3.8) is 0 Å². The second-order valence-electron chi connectivity index (χ2n) is 3.46. The number of allylic oxidation sites excluding steroid dienone is 1. The Balaban J connectivity index is 3.28. The summed E-state index contributed by atoms with van der Waals surface area (Å²) in [6.45, 7) is 7.81. The first kappa shape index (κ1) is 13.9. The highest BCUT2D eigenvalue weighted by atomic mass is 16.6. The minimum atomic E-state index is -0.259. The zero-order valence-electron chi connectivity index (χ0n) is 9.71. The molecule has 0 atom stereocenters. The quantitative estimate of drug-likeness (QED) is 0.290. The second-order valence-corrected chi connectivity index (χ2v) is 3.46. The summed E-state index contributed by atoms with van der Waals surface area (Å²) in [5.41, 5.74) is 2.76. The van der Waals surface area contributed by atoms with Crippen LogP contribution in [0.4, 0.5) is 0 Å². The zero-order chi connectivity index (χ0) is 11.5. The molecule has 0 aromatic rings. The van der Waals surface area contributed by atoms with Crippen molar-refractivity contribution in [3.8, 4) is 0 Å². The van der Waals surface area contributed by atoms with E-state index in [1.807, 2.05) is 0 Å². The summed E-state index contributed by atoms with van der Waals surface area (Å²) in [4.78, 5) is 15.9. The number of nitrogens with one attached hydrogen (secondary N) is 1. The van der Waals surface area contributed by atoms with Crippen LogP contribution in [0.25, 0.3) is 0 Å². The Labute approximate surface area is 92.2 Å². The van der Waals surface area contributed by atoms with Crippen molar-refractivity contribution in [1.82, 2.24) is 5.48 Å². The molecule has 0 aliphatic carbocycles. The van der Waals surface area contributed by atoms with Crippen LogP contribution in [0.1, 0.15) is 39.5 Å². The molecule has 0 bridgehead atoms. The molecule has 1 amide bonds. The van der Waals surface area contributed by atoms with Crippen molar-refractivity contribution < 1.29 is 9.63 Å². The number of hydrogen-bond donors (Lipinski definition) is 1. The first-order chi connectivity index (χ1) is 7.18. The van der Waals surface area contributed by atoms with Crippen molar-refractivity contribution in [2.24, 2.45) is 0 Å². The molecule has 0 rings (SSSR count). The zero-order valence-corrected chi connectivity index (χ0v) is 9.71. The molecule has 15 heavy (non-hydrogen) atoms. The van der Waals surface area contributed by atoms with Gasteiger partial charge in [0.15, 0.2) is 0 Å². The van der Waals surface area contributed by atoms with E-state index in [9.17, 15) is 4.79 Å². The molecule has 0 aliphatic rings. The van der Waals surface area contributed by atoms with Crippen molar-refractivity contribution in [3.05, 3.63) is 24.3 Å². The molecule has 0 saturated carbocycles. The van der Waals surface area contributed by atoms with E-state index in [2.05, 4.69) is 31.1 Å². The second kappa shape index (κ2) is 9.46. The van der Waals surface area contributed by atoms with Crippen LogP contribution in [0.15, 0.2) is 24.3 Å². The molecule has 0 saturated heterocycles. The van der Waals surface area contributed by atoms with Crippen LogP contribution in [0.5, 0.6) is 0 Å². The molecule has 0 spiro atoms. The molecule has 0 aromatic heterocycles. The number of carbonyl (C=O) groups excluding carboxylic acids is 1. The lowest BCUT2D eigenvalue weighted by Crippen LogP contribution is -2.24. The molecule has 3 nitrogen and oxygen atoms in total. The lowest BCUT2D eigenvalue weighted by atomic mass is 10.2. The lowest BCUT2D eigenvalue weighted by Gasteiger charge is -2.03. The van der Waals surface area contributed by atoms with Gasteiger partial charge in [0.25, 0.3) is 5.91 Å². The van der Waals surface area contributed by atoms with Gasteiger partial charge >= 0.3 is 0 Å². The third-order valence-corrected chi connectivity index (χ3v) is 1.83. The maximum atomic E-state index is 11.0. The van der Waals surface area contributed by atoms with Crippen LogP contribution in [0, 0.1) is 0 Å². The Morgan fingerprint density at radius 2 is 2.07 bits per heavy atom. The van der Waals surface area contributed by atoms with Gasteiger partial charge in [0.05, 0.1) is 6.61 Å². The molecule has 86 valence electrons. The molecule has 0 aliphatic heterocycles. The minimum absolute atomic E-state index is 0.259. The highest BCUT2D eigenvalue weighted by Gasteiger charge is 1.98. The van der Waals surface area contributed by atoms with Gasteiger partial charge in [-0.05, 0) is 19.8 Å². The highest BCUT2D eigenvalue weighted by molar-refractivity contribution is 5.91. The number of rotatable bonds is 8. The number of carbonyl (C=O) groups is 1. The maximum Gasteiger partial charge on any atom is 0.269 e. The van der Waals surface area contributed by atoms with E-state index in [1.165, 1.54) is 12.8 Å². The summed E-state index contributed by atoms with van der Waals surface area (Å²) in [5.74, 6) is -0.259. The van der Waals surface area contributed by atoms with Crippen molar-refractivity contribution >= 4 is 5.91 Å². The summed E-state index contributed by atoms with van der Waals surface area (Å²) in [6.07, 6.45) is 8.60. The normalized spacial score (nSPS) is 10.5. The van der Waals surface area contributed by atoms with E-state index in [1.54, 1.807) is 6.92 Å². The number of unbranched alkanes of at least 4 members (excludes halogenated alkanes) is 2. The number of hydrogen-bond acceptors (Lipinski definition) is 2. The summed E-state index contributed by atoms with van der Waals surface area (Å²) in [6, 6.07) is 0. The average Bonchev–Trinajstić information content (AvgIpc) is 2.21. The number of amides is 1. The van der Waals surface area contributed by atoms with Gasteiger partial charge in [-0.3, -0.25) is 9.63 Å². The molecule has 1 N–H and O–H groups in total. The fourth-order valence-electron chi connectivity index (χ4n) is 0.888. The Kier molecular flexibility index (Phi) is 8.78. The molecule has 0 unspecified atom stereocenters. The van der Waals surface area contributed by atoms with Crippen LogP contribution in [0.3, 0.4) is 0 Å². The molecule has 0 radical (unpaired) electrons. The predicted molar refractivity (Wildman–Crippen MR) is 62.2 cm³/mol. The van der Waals surface area contributed by atoms with E-state index >= 15 is 0 Å². The Bertz CT molecular complexity index is 222. The first-order valence-electron chi connectivity index (χ1n) is 5.41. The van der Waals surface area contributed by atoms with Gasteiger partial charge in [0, 0.05) is 5.57 Å². The van der Waals surface area contributed by atoms with E-state index < -0.39 is 0 Å². The fourth-order valence-corrected chi connectivity index (χ4v) is 0.888. The summed E-state index contributed by atoms with van der Waals surface area (Å²) in [5, 5.41) is 0. The van der Waals surface area contributed by atoms with Crippen molar-refractivity contribution in [1.29, 1.82) is 0 Å². The molecule has 0 fully saturated rings. The lowest BCUT2D eigenvalue weighted by molar-refractivity contribution is -0.129. The van der Waals surface area contributed by atoms with E-state index in [4.69, 9.17) is 4.84 Å². The molecular weight excluding hydrogens is 190 g/mol. The van der Waals surface area contributed by atoms with Crippen LogP contribution in [-0.2, 0) is 9.63 Å². The standard InChI is InChI=1S/C12H21NO2/c1-4-5-6-7-8-9-10-15-13-12(14)11(2)3/h7-8H,2,4-6,9-10H2,1,3H3,(H,13,14)/b8-7+. The maximum absolute atomic E-state index is 11.0. The summed E-state index contributed by atoms with van der Waals surface area (Å²) in [7, 11) is 0. The Hall–Kier alpha value is -1.09. The van der Waals surface area contributed by atoms with Gasteiger partial charge in [0.1, 0.15) is 0 Å². The van der Waals surface area contributed by atoms with Gasteiger partial charge in [0.2, 0.25) is 0 Å². The van der Waals surface area contributed by atoms with Crippen molar-refractivity contribution in [2.75, 3.05) is 6.61 Å². The van der Waals surface area contributed by atoms with Crippen LogP contribution in [0.2, 0.25) is 0 Å². The molecule has 0 aromatic carbocycles. The van der Waals surface area contributed by atoms with Gasteiger partial charge in [-0.2, -0.15) is 0 Å². The topological polar surface area (TPSA) is 38.3 Å². The van der Waals surface area contributed by atoms with Crippen molar-refractivity contribution in [2.45, 2.75) is 39.5 Å². The minimum Gasteiger partial charge on any atom is -0.273 e. The van der Waals surface area contributed by atoms with Crippen LogP contribution in [-0.4, -0.2) is 12.5 Å². The Morgan fingerprint density at radius 1 is 1.40 bits per heavy atom. The first-order valence-corrected chi connectivity index (χ1v) is 5.41. The van der Waals surface area contributed by atoms with E-state index in [0.717, 1.165) is 12.8 Å². The fraction of sp³-hybridized carbons (Fsp3) is 0.583. The monoisotopic (exact) mass is 211 g/mol. The average molecular weight is 211 g/mol. The van der Waals surface area contributed by atoms with E-state index in [0.29, 0.717) is 12.2 Å². The summed E-state index contributed by atoms with van der Waals surface area (Å²) >= 11 is 0. The van der Waals surface area contributed by atoms with Gasteiger partial charge in [-0.25, -0.2) is 5.48 Å². The van der Waals surface area contributed by atoms with Gasteiger partial charge in [-0.1, -0.05) is 38.5 Å². The van der Waals surface area contributed by atoms with Gasteiger partial charge < -0.3 is 0 Å². The predicted octanol–water partition coefficient (Wildman–Crippen LogP) is 2.75. The smallest absolute Gasteiger partial charge is 0.269 e. The van der Waals surface area contributed by atoms with Gasteiger partial charge in [-0.15, -0.1) is 0 Å². The third-order valence-electron chi connectivity index (χ3n) is 1.83. The third kappa shape index (κ3) is 9.22. The molecule has 0 heterocycles. The summed E-state index contributed by atoms with van der Waals surface area (Å²) < 4.78 is 0. The van der Waals surface area contributed by atoms with E-state index in [-0.39, 0.29) is 5.91 Å². The number of hydroxylamine groups is 1. The largest absolute Gasteiger partial charge is 0.273 e. The Morgan fingerprint density at radius 3 is 2.67 bits per heavy atom. The molecule has 3 heteroatoms.